The lowest BCUT2D eigenvalue weighted by atomic mass is 10.1. The second kappa shape index (κ2) is 8.05. The third-order valence-corrected chi connectivity index (χ3v) is 3.45. The molecule has 0 radical (unpaired) electrons. The molecule has 0 amide bonds. The Hall–Kier alpha value is -1.22. The van der Waals surface area contributed by atoms with Gasteiger partial charge in [-0.05, 0) is 59.0 Å². The number of methoxy groups -OCH3 is 1. The highest BCUT2D eigenvalue weighted by Gasteiger charge is 2.08. The average Bonchev–Trinajstić information content (AvgIpc) is 2.40. The molecule has 0 aliphatic carbocycles. The molecule has 19 heavy (non-hydrogen) atoms. The summed E-state index contributed by atoms with van der Waals surface area (Å²) in [6, 6.07) is 6.58. The highest BCUT2D eigenvalue weighted by Crippen LogP contribution is 2.26. The van der Waals surface area contributed by atoms with Gasteiger partial charge in [0.05, 0.1) is 7.11 Å². The minimum absolute atomic E-state index is 1.02. The van der Waals surface area contributed by atoms with Crippen LogP contribution in [-0.2, 0) is 6.42 Å². The van der Waals surface area contributed by atoms with E-state index >= 15 is 0 Å². The maximum atomic E-state index is 5.54. The molecule has 0 saturated heterocycles. The van der Waals surface area contributed by atoms with Crippen molar-refractivity contribution in [1.82, 2.24) is 4.90 Å². The van der Waals surface area contributed by atoms with Crippen LogP contribution in [0.4, 0.5) is 5.69 Å². The molecule has 0 spiro atoms. The molecule has 3 heteroatoms. The van der Waals surface area contributed by atoms with Crippen molar-refractivity contribution in [1.29, 1.82) is 0 Å². The Balaban J connectivity index is 2.78. The summed E-state index contributed by atoms with van der Waals surface area (Å²) in [7, 11) is 5.98. The first kappa shape index (κ1) is 15.8. The molecule has 3 nitrogen and oxygen atoms in total. The Kier molecular flexibility index (Phi) is 6.71. The number of hydrogen-bond donors (Lipinski definition) is 0. The number of benzene rings is 1. The molecule has 1 aromatic rings. The van der Waals surface area contributed by atoms with Gasteiger partial charge >= 0.3 is 0 Å². The van der Waals surface area contributed by atoms with E-state index in [1.54, 1.807) is 7.11 Å². The quantitative estimate of drug-likeness (QED) is 0.718. The van der Waals surface area contributed by atoms with Crippen LogP contribution >= 0.6 is 0 Å². The molecule has 0 unspecified atom stereocenters. The highest BCUT2D eigenvalue weighted by atomic mass is 16.5. The van der Waals surface area contributed by atoms with Crippen LogP contribution in [0.2, 0.25) is 0 Å². The van der Waals surface area contributed by atoms with Crippen molar-refractivity contribution in [3.63, 3.8) is 0 Å². The number of aryl methyl sites for hydroxylation is 1. The van der Waals surface area contributed by atoms with Crippen LogP contribution in [0, 0.1) is 0 Å². The second-order valence-corrected chi connectivity index (χ2v) is 5.08. The molecule has 1 rings (SSSR count). The molecule has 0 bridgehead atoms. The summed E-state index contributed by atoms with van der Waals surface area (Å²) >= 11 is 0. The molecular formula is C16H28N2O. The van der Waals surface area contributed by atoms with Gasteiger partial charge in [-0.15, -0.1) is 0 Å². The summed E-state index contributed by atoms with van der Waals surface area (Å²) in [5.41, 5.74) is 2.55. The van der Waals surface area contributed by atoms with Crippen LogP contribution in [0.25, 0.3) is 0 Å². The van der Waals surface area contributed by atoms with Gasteiger partial charge in [0.15, 0.2) is 0 Å². The number of nitrogens with zero attached hydrogens (tertiary/aromatic N) is 2. The maximum absolute atomic E-state index is 5.54. The number of rotatable bonds is 8. The topological polar surface area (TPSA) is 15.7 Å². The van der Waals surface area contributed by atoms with Gasteiger partial charge in [-0.3, -0.25) is 0 Å². The highest BCUT2D eigenvalue weighted by molar-refractivity contribution is 5.53. The van der Waals surface area contributed by atoms with Crippen LogP contribution in [0.15, 0.2) is 18.2 Å². The fraction of sp³-hybridized carbons (Fsp3) is 0.625. The summed E-state index contributed by atoms with van der Waals surface area (Å²) in [6.45, 7) is 7.53. The van der Waals surface area contributed by atoms with E-state index in [1.165, 1.54) is 11.3 Å². The van der Waals surface area contributed by atoms with E-state index in [9.17, 15) is 0 Å². The Bertz CT molecular complexity index is 373. The van der Waals surface area contributed by atoms with Crippen LogP contribution < -0.4 is 9.64 Å². The first-order valence-corrected chi connectivity index (χ1v) is 7.18. The normalized spacial score (nSPS) is 10.8. The zero-order valence-electron chi connectivity index (χ0n) is 13.1. The molecule has 0 atom stereocenters. The smallest absolute Gasteiger partial charge is 0.124 e. The molecule has 0 heterocycles. The van der Waals surface area contributed by atoms with Crippen molar-refractivity contribution in [3.05, 3.63) is 23.8 Å². The van der Waals surface area contributed by atoms with Gasteiger partial charge in [-0.25, -0.2) is 0 Å². The minimum Gasteiger partial charge on any atom is -0.496 e. The van der Waals surface area contributed by atoms with Gasteiger partial charge < -0.3 is 14.5 Å². The van der Waals surface area contributed by atoms with E-state index in [4.69, 9.17) is 4.74 Å². The van der Waals surface area contributed by atoms with E-state index in [0.29, 0.717) is 0 Å². The van der Waals surface area contributed by atoms with Crippen LogP contribution in [0.1, 0.15) is 25.8 Å². The third kappa shape index (κ3) is 4.75. The lowest BCUT2D eigenvalue weighted by Gasteiger charge is -2.22. The largest absolute Gasteiger partial charge is 0.496 e. The summed E-state index contributed by atoms with van der Waals surface area (Å²) < 4.78 is 5.54. The number of anilines is 1. The molecule has 0 aliphatic rings. The van der Waals surface area contributed by atoms with Crippen molar-refractivity contribution < 1.29 is 4.74 Å². The average molecular weight is 264 g/mol. The van der Waals surface area contributed by atoms with Gasteiger partial charge in [-0.2, -0.15) is 0 Å². The molecule has 108 valence electrons. The van der Waals surface area contributed by atoms with Crippen molar-refractivity contribution in [2.75, 3.05) is 45.7 Å². The number of ether oxygens (including phenoxy) is 1. The van der Waals surface area contributed by atoms with Crippen molar-refractivity contribution in [2.45, 2.75) is 26.7 Å². The fourth-order valence-corrected chi connectivity index (χ4v) is 2.31. The molecule has 0 saturated carbocycles. The van der Waals surface area contributed by atoms with Crippen LogP contribution in [-0.4, -0.2) is 45.7 Å². The predicted octanol–water partition coefficient (Wildman–Crippen LogP) is 3.04. The van der Waals surface area contributed by atoms with Gasteiger partial charge in [0.25, 0.3) is 0 Å². The zero-order chi connectivity index (χ0) is 14.3. The Morgan fingerprint density at radius 2 is 1.79 bits per heavy atom. The molecule has 0 aliphatic heterocycles. The summed E-state index contributed by atoms with van der Waals surface area (Å²) in [5.74, 6) is 1.02. The van der Waals surface area contributed by atoms with Gasteiger partial charge in [-0.1, -0.05) is 6.07 Å². The van der Waals surface area contributed by atoms with Gasteiger partial charge in [0.2, 0.25) is 0 Å². The molecule has 0 fully saturated rings. The second-order valence-electron chi connectivity index (χ2n) is 5.08. The summed E-state index contributed by atoms with van der Waals surface area (Å²) in [5, 5.41) is 0. The minimum atomic E-state index is 1.02. The van der Waals surface area contributed by atoms with E-state index in [2.05, 4.69) is 55.9 Å². The lowest BCUT2D eigenvalue weighted by Crippen LogP contribution is -2.21. The summed E-state index contributed by atoms with van der Waals surface area (Å²) in [4.78, 5) is 4.56. The molecule has 0 aromatic heterocycles. The van der Waals surface area contributed by atoms with E-state index in [0.717, 1.165) is 38.2 Å². The first-order chi connectivity index (χ1) is 9.12. The lowest BCUT2D eigenvalue weighted by molar-refractivity contribution is 0.391. The Morgan fingerprint density at radius 3 is 2.32 bits per heavy atom. The Morgan fingerprint density at radius 1 is 1.11 bits per heavy atom. The maximum Gasteiger partial charge on any atom is 0.124 e. The molecule has 1 aromatic carbocycles. The van der Waals surface area contributed by atoms with Gasteiger partial charge in [0, 0.05) is 24.8 Å². The van der Waals surface area contributed by atoms with E-state index in [-0.39, 0.29) is 0 Å². The van der Waals surface area contributed by atoms with E-state index < -0.39 is 0 Å². The van der Waals surface area contributed by atoms with Crippen molar-refractivity contribution >= 4 is 5.69 Å². The predicted molar refractivity (Wildman–Crippen MR) is 83.4 cm³/mol. The molecule has 0 N–H and O–H groups in total. The summed E-state index contributed by atoms with van der Waals surface area (Å²) in [6.07, 6.45) is 2.23. The Labute approximate surface area is 118 Å². The monoisotopic (exact) mass is 264 g/mol. The van der Waals surface area contributed by atoms with Crippen molar-refractivity contribution in [3.8, 4) is 5.75 Å². The van der Waals surface area contributed by atoms with Gasteiger partial charge in [0.1, 0.15) is 5.75 Å². The zero-order valence-corrected chi connectivity index (χ0v) is 13.1. The standard InChI is InChI=1S/C16H28N2O/c1-6-18(7-2)15-11-10-14(16(13-15)19-5)9-8-12-17(3)4/h10-11,13H,6-9,12H2,1-5H3. The first-order valence-electron chi connectivity index (χ1n) is 7.18. The van der Waals surface area contributed by atoms with Crippen LogP contribution in [0.3, 0.4) is 0 Å². The number of hydrogen-bond acceptors (Lipinski definition) is 3. The third-order valence-electron chi connectivity index (χ3n) is 3.45. The SMILES string of the molecule is CCN(CC)c1ccc(CCCN(C)C)c(OC)c1. The van der Waals surface area contributed by atoms with Crippen molar-refractivity contribution in [2.24, 2.45) is 0 Å². The van der Waals surface area contributed by atoms with Crippen LogP contribution in [0.5, 0.6) is 5.75 Å². The molecular weight excluding hydrogens is 236 g/mol. The fourth-order valence-electron chi connectivity index (χ4n) is 2.31. The van der Waals surface area contributed by atoms with E-state index in [1.807, 2.05) is 0 Å².